The van der Waals surface area contributed by atoms with Gasteiger partial charge in [-0.15, -0.1) is 5.10 Å². The van der Waals surface area contributed by atoms with Gasteiger partial charge in [0.1, 0.15) is 23.2 Å². The van der Waals surface area contributed by atoms with E-state index in [2.05, 4.69) is 25.7 Å². The number of imidazole rings is 1. The van der Waals surface area contributed by atoms with Crippen LogP contribution in [0.4, 0.5) is 17.3 Å². The molecule has 0 aliphatic carbocycles. The van der Waals surface area contributed by atoms with Crippen LogP contribution in [0.1, 0.15) is 26.6 Å². The average Bonchev–Trinajstić information content (AvgIpc) is 3.69. The number of ether oxygens (including phenoxy) is 1. The maximum atomic E-state index is 13.7. The van der Waals surface area contributed by atoms with Crippen molar-refractivity contribution in [3.8, 4) is 5.75 Å². The fourth-order valence-electron chi connectivity index (χ4n) is 5.27. The van der Waals surface area contributed by atoms with E-state index >= 15 is 0 Å². The number of likely N-dealkylation sites (N-methyl/N-ethyl adjacent to an activating group) is 1. The van der Waals surface area contributed by atoms with Gasteiger partial charge in [0.25, 0.3) is 5.91 Å². The summed E-state index contributed by atoms with van der Waals surface area (Å²) in [7, 11) is 3.28. The van der Waals surface area contributed by atoms with Crippen LogP contribution in [-0.2, 0) is 16.1 Å². The number of carbonyl (C=O) groups is 1. The van der Waals surface area contributed by atoms with Crippen molar-refractivity contribution in [2.45, 2.75) is 19.0 Å². The van der Waals surface area contributed by atoms with Crippen molar-refractivity contribution in [2.24, 2.45) is 0 Å². The summed E-state index contributed by atoms with van der Waals surface area (Å²) < 4.78 is 31.9. The summed E-state index contributed by atoms with van der Waals surface area (Å²) in [5, 5.41) is 10.6. The van der Waals surface area contributed by atoms with Crippen LogP contribution in [0.2, 0.25) is 0 Å². The lowest BCUT2D eigenvalue weighted by Gasteiger charge is -2.25. The summed E-state index contributed by atoms with van der Waals surface area (Å²) in [6, 6.07) is 13.1. The van der Waals surface area contributed by atoms with E-state index in [-0.39, 0.29) is 40.8 Å². The van der Waals surface area contributed by atoms with Crippen molar-refractivity contribution in [3.63, 3.8) is 0 Å². The molecule has 46 heavy (non-hydrogen) atoms. The molecule has 6 rings (SSSR count). The predicted molar refractivity (Wildman–Crippen MR) is 173 cm³/mol. The number of rotatable bonds is 9. The van der Waals surface area contributed by atoms with Crippen molar-refractivity contribution >= 4 is 40.8 Å². The number of carbonyl (C=O) groups excluding carboxylic acids is 3. The number of likely N-dealkylation sites (tertiary alicyclic amines) is 1. The van der Waals surface area contributed by atoms with Gasteiger partial charge in [-0.3, -0.25) is 9.69 Å². The van der Waals surface area contributed by atoms with Crippen molar-refractivity contribution < 1.29 is 23.2 Å². The molecule has 0 radical (unpaired) electrons. The maximum absolute atomic E-state index is 13.7. The molecule has 13 heteroatoms. The third kappa shape index (κ3) is 5.83. The molecule has 13 nitrogen and oxygen atoms in total. The molecule has 1 amide bonds. The Morgan fingerprint density at radius 3 is 2.74 bits per heavy atom. The number of pyridine rings is 1. The number of hydrogen-bond acceptors (Lipinski definition) is 11. The number of allylic oxidation sites excluding steroid dienone is 2. The predicted octanol–water partition coefficient (Wildman–Crippen LogP) is 2.96. The van der Waals surface area contributed by atoms with Gasteiger partial charge in [-0.05, 0) is 48.4 Å². The van der Waals surface area contributed by atoms with E-state index in [1.54, 1.807) is 83.9 Å². The van der Waals surface area contributed by atoms with Crippen LogP contribution in [0, 0.1) is 0 Å². The smallest absolute Gasteiger partial charge is 0.272 e. The molecule has 1 atom stereocenters. The molecule has 0 unspecified atom stereocenters. The van der Waals surface area contributed by atoms with Gasteiger partial charge in [0.05, 0.1) is 30.7 Å². The largest absolute Gasteiger partial charge is 0.497 e. The number of hydrogen-bond donors (Lipinski definition) is 2. The zero-order valence-corrected chi connectivity index (χ0v) is 25.0. The summed E-state index contributed by atoms with van der Waals surface area (Å²) >= 11 is 0. The monoisotopic (exact) mass is 620 g/mol. The molecule has 0 saturated carbocycles. The average molecular weight is 621 g/mol. The second-order valence-electron chi connectivity index (χ2n) is 10.5. The van der Waals surface area contributed by atoms with E-state index in [0.29, 0.717) is 35.8 Å². The van der Waals surface area contributed by atoms with E-state index in [1.165, 1.54) is 28.8 Å². The van der Waals surface area contributed by atoms with Crippen LogP contribution in [0.15, 0.2) is 96.4 Å². The fraction of sp³-hybridized carbons (Fsp3) is 0.212. The maximum Gasteiger partial charge on any atom is 0.272 e. The highest BCUT2D eigenvalue weighted by molar-refractivity contribution is 5.94. The van der Waals surface area contributed by atoms with Crippen LogP contribution < -0.4 is 25.2 Å². The van der Waals surface area contributed by atoms with E-state index in [9.17, 15) is 14.4 Å². The van der Waals surface area contributed by atoms with E-state index < -0.39 is 18.9 Å². The summed E-state index contributed by atoms with van der Waals surface area (Å²) in [6.07, 6.45) is 8.37. The summed E-state index contributed by atoms with van der Waals surface area (Å²) in [5.74, 6) is 4.45. The Morgan fingerprint density at radius 1 is 1.17 bits per heavy atom. The minimum Gasteiger partial charge on any atom is -0.497 e. The quantitative estimate of drug-likeness (QED) is 0.267. The van der Waals surface area contributed by atoms with Gasteiger partial charge in [-0.1, -0.05) is 18.2 Å². The third-order valence-corrected chi connectivity index (χ3v) is 7.63. The van der Waals surface area contributed by atoms with Gasteiger partial charge < -0.3 is 25.2 Å². The molecule has 4 aromatic rings. The zero-order chi connectivity index (χ0) is 34.7. The Bertz CT molecular complexity index is 2050. The number of fused-ring (bicyclic) bond motifs is 1. The van der Waals surface area contributed by atoms with E-state index in [1.807, 2.05) is 11.9 Å². The summed E-state index contributed by atoms with van der Waals surface area (Å²) in [5.41, 5.74) is 1.58. The Balaban J connectivity index is 1.44. The van der Waals surface area contributed by atoms with Gasteiger partial charge in [-0.25, -0.2) is 24.1 Å². The molecule has 1 saturated heterocycles. The Kier molecular flexibility index (Phi) is 7.32. The van der Waals surface area contributed by atoms with Gasteiger partial charge in [-0.2, -0.15) is 0 Å². The molecule has 3 aromatic heterocycles. The highest BCUT2D eigenvalue weighted by Crippen LogP contribution is 2.29. The van der Waals surface area contributed by atoms with Gasteiger partial charge in [0.15, 0.2) is 28.8 Å². The molecule has 0 spiro atoms. The van der Waals surface area contributed by atoms with E-state index in [4.69, 9.17) is 8.85 Å². The van der Waals surface area contributed by atoms with E-state index in [0.717, 1.165) is 0 Å². The van der Waals surface area contributed by atoms with Crippen molar-refractivity contribution in [1.29, 1.82) is 0 Å². The van der Waals surface area contributed by atoms with Gasteiger partial charge in [0, 0.05) is 49.7 Å². The second kappa shape index (κ2) is 12.8. The summed E-state index contributed by atoms with van der Waals surface area (Å²) in [4.78, 5) is 50.7. The number of methoxy groups -OCH3 is 1. The molecule has 5 heterocycles. The fourth-order valence-corrected chi connectivity index (χ4v) is 5.27. The topological polar surface area (TPSA) is 137 Å². The number of nitrogens with zero attached hydrogens (tertiary/aromatic N) is 7. The van der Waals surface area contributed by atoms with Crippen LogP contribution in [-0.4, -0.2) is 76.0 Å². The van der Waals surface area contributed by atoms with Crippen LogP contribution in [0.5, 0.6) is 5.75 Å². The number of amides is 1. The minimum atomic E-state index is -2.66. The molecule has 0 bridgehead atoms. The first kappa shape index (κ1) is 26.3. The number of nitrogens with one attached hydrogen (secondary N) is 2. The Hall–Kier alpha value is -6.16. The lowest BCUT2D eigenvalue weighted by Crippen LogP contribution is -2.36. The molecular formula is C33H31N9O4. The SMILES string of the molecule is [2H]C([2H])([2H])N(Cc1ccc(OC)cc1)c1cc(NC2=CC=CN(c3ccccn3)C2=C=O)nn2c(C(=O)N[C@@H]3CCN(C)C3=C=O)cnc12. The lowest BCUT2D eigenvalue weighted by atomic mass is 10.2. The molecule has 2 aliphatic heterocycles. The van der Waals surface area contributed by atoms with Crippen molar-refractivity contribution in [1.82, 2.24) is 29.8 Å². The first-order chi connectivity index (χ1) is 23.6. The Labute approximate surface area is 269 Å². The number of aromatic nitrogens is 4. The first-order valence-corrected chi connectivity index (χ1v) is 14.3. The minimum absolute atomic E-state index is 0.00609. The lowest BCUT2D eigenvalue weighted by molar-refractivity contribution is 0.0936. The molecule has 1 fully saturated rings. The zero-order valence-electron chi connectivity index (χ0n) is 28.0. The molecule has 2 aliphatic rings. The Morgan fingerprint density at radius 2 is 2.02 bits per heavy atom. The molecule has 232 valence electrons. The molecule has 1 aromatic carbocycles. The van der Waals surface area contributed by atoms with Crippen molar-refractivity contribution in [3.05, 3.63) is 108 Å². The highest BCUT2D eigenvalue weighted by Gasteiger charge is 2.30. The summed E-state index contributed by atoms with van der Waals surface area (Å²) in [6.45, 7) is -2.17. The van der Waals surface area contributed by atoms with Gasteiger partial charge >= 0.3 is 0 Å². The first-order valence-electron chi connectivity index (χ1n) is 15.8. The second-order valence-corrected chi connectivity index (χ2v) is 10.5. The van der Waals surface area contributed by atoms with Crippen LogP contribution in [0.3, 0.4) is 0 Å². The van der Waals surface area contributed by atoms with Crippen LogP contribution in [0.25, 0.3) is 5.65 Å². The normalized spacial score (nSPS) is 17.0. The number of anilines is 3. The molecule has 2 N–H and O–H groups in total. The third-order valence-electron chi connectivity index (χ3n) is 7.63. The van der Waals surface area contributed by atoms with Gasteiger partial charge in [0.2, 0.25) is 0 Å². The highest BCUT2D eigenvalue weighted by atomic mass is 16.5. The van der Waals surface area contributed by atoms with Crippen molar-refractivity contribution in [2.75, 3.05) is 42.8 Å². The number of benzene rings is 1. The standard InChI is InChI=1S/C33H31N9O4/c1-39-16-13-25(28(39)20-43)37-33(45)27-18-35-32-26(40(2)19-22-9-11-23(46-3)12-10-22)17-30(38-42(27)32)36-24-7-6-15-41(29(24)21-44)31-8-4-5-14-34-31/h4-12,14-15,17-18,25H,13,16,19H2,1-3H3,(H,36,38)(H,37,45)/t25-/m1/s1/i2D3. The van der Waals surface area contributed by atoms with Crippen LogP contribution >= 0.6 is 0 Å². The molecular weight excluding hydrogens is 586 g/mol.